The van der Waals surface area contributed by atoms with Crippen LogP contribution in [0.3, 0.4) is 0 Å². The molecule has 5 rings (SSSR count). The highest BCUT2D eigenvalue weighted by molar-refractivity contribution is 6.51. The fraction of sp³-hybridized carbons (Fsp3) is 0.0870. The molecule has 0 bridgehead atoms. The summed E-state index contributed by atoms with van der Waals surface area (Å²) in [5.41, 5.74) is 0.921. The molecule has 0 saturated carbocycles. The number of aromatic nitrogens is 2. The van der Waals surface area contributed by atoms with Crippen molar-refractivity contribution in [3.63, 3.8) is 0 Å². The Hall–Kier alpha value is -4.40. The highest BCUT2D eigenvalue weighted by atomic mass is 19.1. The number of rotatable bonds is 4. The summed E-state index contributed by atoms with van der Waals surface area (Å²) in [6, 6.07) is 12.7. The summed E-state index contributed by atoms with van der Waals surface area (Å²) in [6.07, 6.45) is 1.39. The summed E-state index contributed by atoms with van der Waals surface area (Å²) in [4.78, 5) is 34.7. The van der Waals surface area contributed by atoms with Crippen molar-refractivity contribution in [1.82, 2.24) is 9.97 Å². The highest BCUT2D eigenvalue weighted by Crippen LogP contribution is 2.43. The Morgan fingerprint density at radius 3 is 2.72 bits per heavy atom. The number of nitrogens with one attached hydrogen (secondary N) is 1. The lowest BCUT2D eigenvalue weighted by molar-refractivity contribution is -0.132. The number of ether oxygens (including phenoxy) is 1. The average Bonchev–Trinajstić information content (AvgIpc) is 3.52. The first-order valence-corrected chi connectivity index (χ1v) is 9.62. The number of benzene rings is 2. The van der Waals surface area contributed by atoms with Gasteiger partial charge in [0.1, 0.15) is 29.1 Å². The maximum atomic E-state index is 13.9. The zero-order valence-corrected chi connectivity index (χ0v) is 16.7. The highest BCUT2D eigenvalue weighted by Gasteiger charge is 2.49. The summed E-state index contributed by atoms with van der Waals surface area (Å²) >= 11 is 0. The summed E-state index contributed by atoms with van der Waals surface area (Å²) in [6.45, 7) is 0. The van der Waals surface area contributed by atoms with E-state index in [4.69, 9.17) is 9.15 Å². The molecule has 1 saturated heterocycles. The van der Waals surface area contributed by atoms with E-state index in [2.05, 4.69) is 9.97 Å². The largest absolute Gasteiger partial charge is 0.507 e. The number of fused-ring (bicyclic) bond motifs is 1. The van der Waals surface area contributed by atoms with E-state index in [0.717, 1.165) is 17.0 Å². The van der Waals surface area contributed by atoms with E-state index in [1.807, 2.05) is 0 Å². The number of amides is 1. The topological polar surface area (TPSA) is 109 Å². The summed E-state index contributed by atoms with van der Waals surface area (Å²) in [5.74, 6) is -2.63. The molecule has 4 aromatic rings. The molecule has 1 aliphatic rings. The van der Waals surface area contributed by atoms with E-state index in [0.29, 0.717) is 11.0 Å². The molecule has 2 aromatic carbocycles. The van der Waals surface area contributed by atoms with E-state index in [1.54, 1.807) is 36.4 Å². The molecule has 2 N–H and O–H groups in total. The minimum Gasteiger partial charge on any atom is -0.507 e. The number of imidazole rings is 1. The van der Waals surface area contributed by atoms with Crippen molar-refractivity contribution < 1.29 is 28.2 Å². The van der Waals surface area contributed by atoms with Gasteiger partial charge in [0.05, 0.1) is 35.5 Å². The molecule has 0 aliphatic carbocycles. The molecule has 0 radical (unpaired) electrons. The smallest absolute Gasteiger partial charge is 0.302 e. The zero-order valence-electron chi connectivity index (χ0n) is 16.7. The van der Waals surface area contributed by atoms with Crippen LogP contribution in [-0.2, 0) is 9.59 Å². The number of anilines is 1. The first-order valence-electron chi connectivity index (χ1n) is 9.62. The summed E-state index contributed by atoms with van der Waals surface area (Å²) in [5, 5.41) is 11.1. The van der Waals surface area contributed by atoms with Crippen molar-refractivity contribution in [2.24, 2.45) is 0 Å². The lowest BCUT2D eigenvalue weighted by atomic mass is 9.99. The maximum absolute atomic E-state index is 13.9. The summed E-state index contributed by atoms with van der Waals surface area (Å²) < 4.78 is 24.7. The average molecular weight is 433 g/mol. The van der Waals surface area contributed by atoms with Gasteiger partial charge in [0.15, 0.2) is 0 Å². The van der Waals surface area contributed by atoms with Gasteiger partial charge in [-0.2, -0.15) is 0 Å². The summed E-state index contributed by atoms with van der Waals surface area (Å²) in [7, 11) is 1.35. The Morgan fingerprint density at radius 1 is 1.19 bits per heavy atom. The first kappa shape index (κ1) is 19.6. The normalized spacial score (nSPS) is 17.9. The van der Waals surface area contributed by atoms with Crippen LogP contribution in [0.2, 0.25) is 0 Å². The van der Waals surface area contributed by atoms with Gasteiger partial charge in [0.2, 0.25) is 5.95 Å². The van der Waals surface area contributed by atoms with E-state index in [1.165, 1.54) is 19.4 Å². The maximum Gasteiger partial charge on any atom is 0.302 e. The molecular formula is C23H16FN3O5. The number of H-pyrrole nitrogens is 1. The van der Waals surface area contributed by atoms with Crippen LogP contribution in [0.25, 0.3) is 16.8 Å². The third-order valence-electron chi connectivity index (χ3n) is 5.28. The predicted octanol–water partition coefficient (Wildman–Crippen LogP) is 3.93. The fourth-order valence-corrected chi connectivity index (χ4v) is 3.83. The second kappa shape index (κ2) is 7.38. The SMILES string of the molecule is COc1ccc(F)cc1/C(O)=C1\C(=O)C(=O)N(c2nc3ccccc3[nH]2)C1c1ccco1. The minimum atomic E-state index is -1.13. The predicted molar refractivity (Wildman–Crippen MR) is 113 cm³/mol. The number of hydrogen-bond donors (Lipinski definition) is 2. The number of para-hydroxylation sites is 2. The van der Waals surface area contributed by atoms with Crippen molar-refractivity contribution in [3.05, 3.63) is 83.6 Å². The van der Waals surface area contributed by atoms with Gasteiger partial charge in [-0.1, -0.05) is 12.1 Å². The van der Waals surface area contributed by atoms with Crippen molar-refractivity contribution >= 4 is 34.4 Å². The van der Waals surface area contributed by atoms with Gasteiger partial charge in [0.25, 0.3) is 5.78 Å². The first-order chi connectivity index (χ1) is 15.5. The van der Waals surface area contributed by atoms with Crippen molar-refractivity contribution in [1.29, 1.82) is 0 Å². The van der Waals surface area contributed by atoms with Gasteiger partial charge in [-0.05, 0) is 42.5 Å². The number of nitrogens with zero attached hydrogens (tertiary/aromatic N) is 2. The zero-order chi connectivity index (χ0) is 22.4. The quantitative estimate of drug-likeness (QED) is 0.287. The molecule has 1 unspecified atom stereocenters. The molecule has 1 atom stereocenters. The molecule has 2 aromatic heterocycles. The number of Topliss-reactive ketones (excluding diaryl/α,β-unsaturated/α-hetero) is 1. The van der Waals surface area contributed by atoms with Crippen molar-refractivity contribution in [2.75, 3.05) is 12.0 Å². The molecule has 0 spiro atoms. The number of halogens is 1. The third kappa shape index (κ3) is 2.94. The van der Waals surface area contributed by atoms with Crippen LogP contribution in [-0.4, -0.2) is 33.9 Å². The Kier molecular flexibility index (Phi) is 4.51. The Morgan fingerprint density at radius 2 is 2.00 bits per heavy atom. The molecular weight excluding hydrogens is 417 g/mol. The van der Waals surface area contributed by atoms with Crippen LogP contribution in [0.1, 0.15) is 17.4 Å². The number of aliphatic hydroxyl groups excluding tert-OH is 1. The molecule has 1 amide bonds. The number of hydrogen-bond acceptors (Lipinski definition) is 6. The number of ketones is 1. The Labute approximate surface area is 180 Å². The van der Waals surface area contributed by atoms with Gasteiger partial charge >= 0.3 is 5.91 Å². The van der Waals surface area contributed by atoms with Crippen molar-refractivity contribution in [3.8, 4) is 5.75 Å². The molecule has 1 fully saturated rings. The number of furan rings is 1. The third-order valence-corrected chi connectivity index (χ3v) is 5.28. The molecule has 3 heterocycles. The number of aliphatic hydroxyl groups is 1. The van der Waals surface area contributed by atoms with Gasteiger partial charge < -0.3 is 19.2 Å². The van der Waals surface area contributed by atoms with Crippen LogP contribution in [0.15, 0.2) is 70.9 Å². The van der Waals surface area contributed by atoms with Gasteiger partial charge in [-0.25, -0.2) is 9.37 Å². The molecule has 160 valence electrons. The number of carbonyl (C=O) groups excluding carboxylic acids is 2. The number of aromatic amines is 1. The minimum absolute atomic E-state index is 0.0633. The van der Waals surface area contributed by atoms with Crippen LogP contribution >= 0.6 is 0 Å². The molecule has 1 aliphatic heterocycles. The van der Waals surface area contributed by atoms with Crippen LogP contribution in [0, 0.1) is 5.82 Å². The van der Waals surface area contributed by atoms with Gasteiger partial charge in [0, 0.05) is 0 Å². The van der Waals surface area contributed by atoms with E-state index in [-0.39, 0.29) is 28.6 Å². The van der Waals surface area contributed by atoms with Gasteiger partial charge in [-0.15, -0.1) is 0 Å². The van der Waals surface area contributed by atoms with Crippen LogP contribution in [0.4, 0.5) is 10.3 Å². The van der Waals surface area contributed by atoms with Crippen LogP contribution < -0.4 is 9.64 Å². The van der Waals surface area contributed by atoms with E-state index in [9.17, 15) is 19.1 Å². The van der Waals surface area contributed by atoms with E-state index < -0.39 is 29.3 Å². The Bertz CT molecular complexity index is 1360. The molecule has 32 heavy (non-hydrogen) atoms. The monoisotopic (exact) mass is 433 g/mol. The number of methoxy groups -OCH3 is 1. The Balaban J connectivity index is 1.74. The number of carbonyl (C=O) groups is 2. The lowest BCUT2D eigenvalue weighted by Gasteiger charge is -2.20. The lowest BCUT2D eigenvalue weighted by Crippen LogP contribution is -2.30. The van der Waals surface area contributed by atoms with E-state index >= 15 is 0 Å². The standard InChI is InChI=1S/C23H16FN3O5/c1-31-16-9-8-12(24)11-13(16)20(28)18-19(17-7-4-10-32-17)27(22(30)21(18)29)23-25-14-5-2-3-6-15(14)26-23/h2-11,19,28H,1H3,(H,25,26)/b20-18+. The second-order valence-electron chi connectivity index (χ2n) is 7.11. The molecule has 9 heteroatoms. The second-order valence-corrected chi connectivity index (χ2v) is 7.11. The van der Waals surface area contributed by atoms with Crippen LogP contribution in [0.5, 0.6) is 5.75 Å². The fourth-order valence-electron chi connectivity index (χ4n) is 3.83. The van der Waals surface area contributed by atoms with Crippen molar-refractivity contribution in [2.45, 2.75) is 6.04 Å². The van der Waals surface area contributed by atoms with Gasteiger partial charge in [-0.3, -0.25) is 14.5 Å². The molecule has 8 nitrogen and oxygen atoms in total.